The van der Waals surface area contributed by atoms with Crippen LogP contribution in [0.15, 0.2) is 0 Å². The zero-order valence-electron chi connectivity index (χ0n) is 11.3. The lowest BCUT2D eigenvalue weighted by Gasteiger charge is -2.38. The number of hydrogen-bond donors (Lipinski definition) is 1. The minimum absolute atomic E-state index is 0.130. The Bertz CT molecular complexity index is 206. The summed E-state index contributed by atoms with van der Waals surface area (Å²) in [5, 5.41) is 9.24. The summed E-state index contributed by atoms with van der Waals surface area (Å²) in [4.78, 5) is 5.27. The molecule has 1 saturated carbocycles. The third-order valence-electron chi connectivity index (χ3n) is 4.34. The van der Waals surface area contributed by atoms with Gasteiger partial charge in [-0.05, 0) is 39.2 Å². The lowest BCUT2D eigenvalue weighted by atomic mass is 10.1. The zero-order chi connectivity index (χ0) is 12.1. The zero-order valence-corrected chi connectivity index (χ0v) is 11.3. The summed E-state index contributed by atoms with van der Waals surface area (Å²) in [5.74, 6) is 0. The largest absolute Gasteiger partial charge is 0.393 e. The molecule has 0 aromatic rings. The Balaban J connectivity index is 1.60. The summed E-state index contributed by atoms with van der Waals surface area (Å²) in [6.45, 7) is 8.05. The molecule has 1 aliphatic carbocycles. The molecule has 0 amide bonds. The molecule has 2 aliphatic rings. The molecule has 1 unspecified atom stereocenters. The fraction of sp³-hybridized carbons (Fsp3) is 1.00. The molecule has 1 atom stereocenters. The molecule has 0 radical (unpaired) electrons. The van der Waals surface area contributed by atoms with Crippen LogP contribution in [-0.4, -0.2) is 59.8 Å². The van der Waals surface area contributed by atoms with Gasteiger partial charge in [0.25, 0.3) is 0 Å². The van der Waals surface area contributed by atoms with Crippen LogP contribution in [0.25, 0.3) is 0 Å². The van der Waals surface area contributed by atoms with Gasteiger partial charge in [-0.2, -0.15) is 0 Å². The van der Waals surface area contributed by atoms with Crippen LogP contribution in [0.4, 0.5) is 0 Å². The number of nitrogens with zero attached hydrogens (tertiary/aromatic N) is 2. The van der Waals surface area contributed by atoms with Gasteiger partial charge in [0.1, 0.15) is 0 Å². The van der Waals surface area contributed by atoms with Crippen molar-refractivity contribution in [1.29, 1.82) is 0 Å². The standard InChI is InChI=1S/C14H28N2O/c1-13(17)5-4-8-15-9-11-16(12-10-15)14-6-2-3-7-14/h13-14,17H,2-12H2,1H3. The van der Waals surface area contributed by atoms with E-state index in [2.05, 4.69) is 9.80 Å². The van der Waals surface area contributed by atoms with Gasteiger partial charge < -0.3 is 10.0 Å². The number of aliphatic hydroxyl groups excluding tert-OH is 1. The van der Waals surface area contributed by atoms with E-state index >= 15 is 0 Å². The van der Waals surface area contributed by atoms with E-state index < -0.39 is 0 Å². The second-order valence-corrected chi connectivity index (χ2v) is 5.81. The Morgan fingerprint density at radius 3 is 2.35 bits per heavy atom. The van der Waals surface area contributed by atoms with Crippen molar-refractivity contribution in [3.63, 3.8) is 0 Å². The Labute approximate surface area is 106 Å². The van der Waals surface area contributed by atoms with Crippen molar-refractivity contribution in [1.82, 2.24) is 9.80 Å². The molecule has 1 heterocycles. The molecule has 3 heteroatoms. The first-order chi connectivity index (χ1) is 8.25. The summed E-state index contributed by atoms with van der Waals surface area (Å²) >= 11 is 0. The van der Waals surface area contributed by atoms with Crippen molar-refractivity contribution < 1.29 is 5.11 Å². The van der Waals surface area contributed by atoms with Crippen LogP contribution >= 0.6 is 0 Å². The smallest absolute Gasteiger partial charge is 0.0512 e. The molecule has 1 aliphatic heterocycles. The first kappa shape index (κ1) is 13.3. The summed E-state index contributed by atoms with van der Waals surface area (Å²) in [6.07, 6.45) is 7.71. The lowest BCUT2D eigenvalue weighted by Crippen LogP contribution is -2.49. The minimum atomic E-state index is -0.130. The van der Waals surface area contributed by atoms with E-state index in [1.807, 2.05) is 6.92 Å². The van der Waals surface area contributed by atoms with E-state index in [-0.39, 0.29) is 6.10 Å². The predicted octanol–water partition coefficient (Wildman–Crippen LogP) is 1.71. The second kappa shape index (κ2) is 6.72. The van der Waals surface area contributed by atoms with Crippen molar-refractivity contribution in [2.75, 3.05) is 32.7 Å². The molecule has 17 heavy (non-hydrogen) atoms. The highest BCUT2D eigenvalue weighted by Crippen LogP contribution is 2.24. The average Bonchev–Trinajstić information content (AvgIpc) is 2.83. The van der Waals surface area contributed by atoms with Crippen LogP contribution in [0.1, 0.15) is 45.4 Å². The fourth-order valence-electron chi connectivity index (χ4n) is 3.23. The van der Waals surface area contributed by atoms with E-state index in [1.165, 1.54) is 58.4 Å². The molecular weight excluding hydrogens is 212 g/mol. The van der Waals surface area contributed by atoms with E-state index in [4.69, 9.17) is 0 Å². The van der Waals surface area contributed by atoms with E-state index in [1.54, 1.807) is 0 Å². The molecule has 0 aromatic carbocycles. The maximum Gasteiger partial charge on any atom is 0.0512 e. The lowest BCUT2D eigenvalue weighted by molar-refractivity contribution is 0.0927. The van der Waals surface area contributed by atoms with Crippen molar-refractivity contribution >= 4 is 0 Å². The Kier molecular flexibility index (Phi) is 5.26. The van der Waals surface area contributed by atoms with Crippen LogP contribution in [0.5, 0.6) is 0 Å². The quantitative estimate of drug-likeness (QED) is 0.792. The predicted molar refractivity (Wildman–Crippen MR) is 71.2 cm³/mol. The Morgan fingerprint density at radius 1 is 1.12 bits per heavy atom. The van der Waals surface area contributed by atoms with Gasteiger partial charge in [0.05, 0.1) is 6.10 Å². The van der Waals surface area contributed by atoms with Gasteiger partial charge in [-0.25, -0.2) is 0 Å². The second-order valence-electron chi connectivity index (χ2n) is 5.81. The van der Waals surface area contributed by atoms with Gasteiger partial charge in [0.15, 0.2) is 0 Å². The van der Waals surface area contributed by atoms with Crippen LogP contribution in [-0.2, 0) is 0 Å². The van der Waals surface area contributed by atoms with Crippen molar-refractivity contribution in [2.24, 2.45) is 0 Å². The third-order valence-corrected chi connectivity index (χ3v) is 4.34. The molecule has 0 aromatic heterocycles. The Morgan fingerprint density at radius 2 is 1.76 bits per heavy atom. The molecule has 2 rings (SSSR count). The number of rotatable bonds is 5. The van der Waals surface area contributed by atoms with Crippen molar-refractivity contribution in [3.05, 3.63) is 0 Å². The van der Waals surface area contributed by atoms with Gasteiger partial charge in [0.2, 0.25) is 0 Å². The van der Waals surface area contributed by atoms with Crippen molar-refractivity contribution in [2.45, 2.75) is 57.6 Å². The van der Waals surface area contributed by atoms with Gasteiger partial charge >= 0.3 is 0 Å². The summed E-state index contributed by atoms with van der Waals surface area (Å²) in [7, 11) is 0. The molecule has 100 valence electrons. The van der Waals surface area contributed by atoms with Gasteiger partial charge in [0, 0.05) is 32.2 Å². The van der Waals surface area contributed by atoms with Crippen LogP contribution in [0.2, 0.25) is 0 Å². The van der Waals surface area contributed by atoms with E-state index in [9.17, 15) is 5.11 Å². The van der Waals surface area contributed by atoms with Gasteiger partial charge in [-0.15, -0.1) is 0 Å². The molecule has 2 fully saturated rings. The maximum atomic E-state index is 9.24. The molecular formula is C14H28N2O. The molecule has 0 bridgehead atoms. The highest BCUT2D eigenvalue weighted by atomic mass is 16.3. The molecule has 1 saturated heterocycles. The monoisotopic (exact) mass is 240 g/mol. The van der Waals surface area contributed by atoms with Gasteiger partial charge in [-0.1, -0.05) is 12.8 Å². The SMILES string of the molecule is CC(O)CCCN1CCN(C2CCCC2)CC1. The molecule has 1 N–H and O–H groups in total. The number of piperazine rings is 1. The molecule has 0 spiro atoms. The summed E-state index contributed by atoms with van der Waals surface area (Å²) in [5.41, 5.74) is 0. The van der Waals surface area contributed by atoms with Gasteiger partial charge in [-0.3, -0.25) is 4.90 Å². The first-order valence-electron chi connectivity index (χ1n) is 7.40. The summed E-state index contributed by atoms with van der Waals surface area (Å²) in [6, 6.07) is 0.898. The highest BCUT2D eigenvalue weighted by molar-refractivity contribution is 4.81. The van der Waals surface area contributed by atoms with Crippen LogP contribution in [0.3, 0.4) is 0 Å². The topological polar surface area (TPSA) is 26.7 Å². The van der Waals surface area contributed by atoms with E-state index in [0.29, 0.717) is 0 Å². The highest BCUT2D eigenvalue weighted by Gasteiger charge is 2.25. The van der Waals surface area contributed by atoms with Crippen LogP contribution in [0, 0.1) is 0 Å². The van der Waals surface area contributed by atoms with Crippen molar-refractivity contribution in [3.8, 4) is 0 Å². The number of aliphatic hydroxyl groups is 1. The Hall–Kier alpha value is -0.120. The van der Waals surface area contributed by atoms with Crippen LogP contribution < -0.4 is 0 Å². The molecule has 3 nitrogen and oxygen atoms in total. The average molecular weight is 240 g/mol. The first-order valence-corrected chi connectivity index (χ1v) is 7.40. The normalized spacial score (nSPS) is 26.5. The fourth-order valence-corrected chi connectivity index (χ4v) is 3.23. The number of hydrogen-bond acceptors (Lipinski definition) is 3. The van der Waals surface area contributed by atoms with E-state index in [0.717, 1.165) is 18.9 Å². The summed E-state index contributed by atoms with van der Waals surface area (Å²) < 4.78 is 0. The minimum Gasteiger partial charge on any atom is -0.393 e. The third kappa shape index (κ3) is 4.23. The maximum absolute atomic E-state index is 9.24.